The Hall–Kier alpha value is -2.94. The summed E-state index contributed by atoms with van der Waals surface area (Å²) in [4.78, 5) is 22.7. The smallest absolute Gasteiger partial charge is 0.271 e. The van der Waals surface area contributed by atoms with Crippen molar-refractivity contribution in [2.45, 2.75) is 13.8 Å². The van der Waals surface area contributed by atoms with Gasteiger partial charge in [0.15, 0.2) is 0 Å². The third-order valence-electron chi connectivity index (χ3n) is 3.68. The summed E-state index contributed by atoms with van der Waals surface area (Å²) in [5.74, 6) is -0.597. The first kappa shape index (κ1) is 19.4. The number of nitrogens with one attached hydrogen (secondary N) is 1. The fourth-order valence-corrected chi connectivity index (χ4v) is 3.21. The number of nitrogens with zero attached hydrogens (tertiary/aromatic N) is 2. The van der Waals surface area contributed by atoms with Crippen molar-refractivity contribution in [3.8, 4) is 0 Å². The zero-order valence-electron chi connectivity index (χ0n) is 14.6. The van der Waals surface area contributed by atoms with E-state index in [1.165, 1.54) is 18.2 Å². The summed E-state index contributed by atoms with van der Waals surface area (Å²) in [6.07, 6.45) is 1.02. The van der Waals surface area contributed by atoms with E-state index in [0.717, 1.165) is 16.1 Å². The minimum Gasteiger partial charge on any atom is -0.324 e. The molecule has 0 aliphatic rings. The van der Waals surface area contributed by atoms with Gasteiger partial charge in [-0.25, -0.2) is 8.42 Å². The number of carbonyl (C=O) groups excluding carboxylic acids is 1. The minimum atomic E-state index is -3.69. The number of sulfonamides is 1. The Morgan fingerprint density at radius 2 is 1.88 bits per heavy atom. The van der Waals surface area contributed by atoms with E-state index in [9.17, 15) is 23.3 Å². The zero-order valence-corrected chi connectivity index (χ0v) is 15.4. The third kappa shape index (κ3) is 4.79. The quantitative estimate of drug-likeness (QED) is 0.615. The average molecular weight is 377 g/mol. The van der Waals surface area contributed by atoms with Crippen LogP contribution in [0.5, 0.6) is 0 Å². The van der Waals surface area contributed by atoms with Crippen molar-refractivity contribution in [1.29, 1.82) is 0 Å². The molecular formula is C17H19N3O5S. The number of non-ortho nitro benzene ring substituents is 1. The van der Waals surface area contributed by atoms with E-state index < -0.39 is 27.4 Å². The molecule has 0 saturated heterocycles. The van der Waals surface area contributed by atoms with Gasteiger partial charge in [0.2, 0.25) is 15.9 Å². The number of carbonyl (C=O) groups is 1. The lowest BCUT2D eigenvalue weighted by molar-refractivity contribution is -0.384. The van der Waals surface area contributed by atoms with Gasteiger partial charge in [-0.15, -0.1) is 0 Å². The van der Waals surface area contributed by atoms with E-state index in [0.29, 0.717) is 11.3 Å². The number of nitro groups is 1. The van der Waals surface area contributed by atoms with Crippen LogP contribution >= 0.6 is 0 Å². The van der Waals surface area contributed by atoms with Crippen molar-refractivity contribution < 1.29 is 18.1 Å². The lowest BCUT2D eigenvalue weighted by Gasteiger charge is -2.22. The Kier molecular flexibility index (Phi) is 5.61. The van der Waals surface area contributed by atoms with Crippen molar-refractivity contribution in [3.63, 3.8) is 0 Å². The SMILES string of the molecule is Cc1cccc(N(CC(=O)Nc2cc([N+](=O)[O-])ccc2C)S(C)(=O)=O)c1. The van der Waals surface area contributed by atoms with Crippen LogP contribution in [0.1, 0.15) is 11.1 Å². The summed E-state index contributed by atoms with van der Waals surface area (Å²) >= 11 is 0. The van der Waals surface area contributed by atoms with Crippen molar-refractivity contribution >= 4 is 33.0 Å². The van der Waals surface area contributed by atoms with Crippen LogP contribution in [0.25, 0.3) is 0 Å². The maximum Gasteiger partial charge on any atom is 0.271 e. The summed E-state index contributed by atoms with van der Waals surface area (Å²) < 4.78 is 25.2. The van der Waals surface area contributed by atoms with Gasteiger partial charge in [0.1, 0.15) is 6.54 Å². The van der Waals surface area contributed by atoms with Crippen molar-refractivity contribution in [3.05, 3.63) is 63.7 Å². The molecule has 0 fully saturated rings. The second-order valence-electron chi connectivity index (χ2n) is 5.91. The van der Waals surface area contributed by atoms with E-state index in [1.54, 1.807) is 25.1 Å². The van der Waals surface area contributed by atoms with Gasteiger partial charge in [0, 0.05) is 12.1 Å². The number of hydrogen-bond acceptors (Lipinski definition) is 5. The number of aryl methyl sites for hydroxylation is 2. The molecular weight excluding hydrogens is 358 g/mol. The zero-order chi connectivity index (χ0) is 19.5. The van der Waals surface area contributed by atoms with Crippen LogP contribution < -0.4 is 9.62 Å². The Morgan fingerprint density at radius 3 is 2.46 bits per heavy atom. The van der Waals surface area contributed by atoms with Gasteiger partial charge >= 0.3 is 0 Å². The average Bonchev–Trinajstić information content (AvgIpc) is 2.53. The van der Waals surface area contributed by atoms with Crippen molar-refractivity contribution in [1.82, 2.24) is 0 Å². The highest BCUT2D eigenvalue weighted by Crippen LogP contribution is 2.23. The van der Waals surface area contributed by atoms with Gasteiger partial charge in [0.05, 0.1) is 22.6 Å². The van der Waals surface area contributed by atoms with Gasteiger partial charge < -0.3 is 5.32 Å². The summed E-state index contributed by atoms with van der Waals surface area (Å²) in [5.41, 5.74) is 1.96. The Bertz CT molecular complexity index is 957. The molecule has 138 valence electrons. The normalized spacial score (nSPS) is 11.0. The molecule has 2 aromatic rings. The first-order valence-electron chi connectivity index (χ1n) is 7.67. The number of hydrogen-bond donors (Lipinski definition) is 1. The molecule has 0 atom stereocenters. The fourth-order valence-electron chi connectivity index (χ4n) is 2.36. The molecule has 0 unspecified atom stereocenters. The van der Waals surface area contributed by atoms with Crippen LogP contribution in [-0.4, -0.2) is 32.0 Å². The Labute approximate surface area is 151 Å². The first-order chi connectivity index (χ1) is 12.1. The molecule has 0 heterocycles. The van der Waals surface area contributed by atoms with E-state index in [1.807, 2.05) is 13.0 Å². The highest BCUT2D eigenvalue weighted by atomic mass is 32.2. The van der Waals surface area contributed by atoms with E-state index in [2.05, 4.69) is 5.32 Å². The lowest BCUT2D eigenvalue weighted by atomic mass is 10.2. The van der Waals surface area contributed by atoms with Crippen LogP contribution in [0.3, 0.4) is 0 Å². The lowest BCUT2D eigenvalue weighted by Crippen LogP contribution is -2.37. The number of rotatable bonds is 6. The molecule has 8 nitrogen and oxygen atoms in total. The fraction of sp³-hybridized carbons (Fsp3) is 0.235. The van der Waals surface area contributed by atoms with Crippen molar-refractivity contribution in [2.75, 3.05) is 22.4 Å². The molecule has 1 amide bonds. The molecule has 0 aliphatic heterocycles. The van der Waals surface area contributed by atoms with E-state index in [-0.39, 0.29) is 11.4 Å². The monoisotopic (exact) mass is 377 g/mol. The Morgan fingerprint density at radius 1 is 1.19 bits per heavy atom. The van der Waals surface area contributed by atoms with Gasteiger partial charge in [-0.1, -0.05) is 18.2 Å². The molecule has 26 heavy (non-hydrogen) atoms. The molecule has 0 spiro atoms. The summed E-state index contributed by atoms with van der Waals surface area (Å²) in [5, 5.41) is 13.4. The summed E-state index contributed by atoms with van der Waals surface area (Å²) in [6.45, 7) is 3.06. The van der Waals surface area contributed by atoms with Gasteiger partial charge in [-0.05, 0) is 37.1 Å². The van der Waals surface area contributed by atoms with E-state index in [4.69, 9.17) is 0 Å². The first-order valence-corrected chi connectivity index (χ1v) is 9.52. The molecule has 0 bridgehead atoms. The number of benzene rings is 2. The van der Waals surface area contributed by atoms with Crippen molar-refractivity contribution in [2.24, 2.45) is 0 Å². The molecule has 1 N–H and O–H groups in total. The summed E-state index contributed by atoms with van der Waals surface area (Å²) in [6, 6.07) is 10.9. The minimum absolute atomic E-state index is 0.162. The second-order valence-corrected chi connectivity index (χ2v) is 7.82. The maximum absolute atomic E-state index is 12.4. The molecule has 2 aromatic carbocycles. The summed E-state index contributed by atoms with van der Waals surface area (Å²) in [7, 11) is -3.69. The van der Waals surface area contributed by atoms with Gasteiger partial charge in [-0.2, -0.15) is 0 Å². The van der Waals surface area contributed by atoms with Crippen LogP contribution in [0.2, 0.25) is 0 Å². The molecule has 0 saturated carbocycles. The predicted molar refractivity (Wildman–Crippen MR) is 99.8 cm³/mol. The standard InChI is InChI=1S/C17H19N3O5S/c1-12-5-4-6-14(9-12)19(26(3,24)25)11-17(21)18-16-10-15(20(22)23)8-7-13(16)2/h4-10H,11H2,1-3H3,(H,18,21). The van der Waals surface area contributed by atoms with Crippen LogP contribution in [0.15, 0.2) is 42.5 Å². The van der Waals surface area contributed by atoms with E-state index >= 15 is 0 Å². The maximum atomic E-state index is 12.4. The molecule has 9 heteroatoms. The topological polar surface area (TPSA) is 110 Å². The number of amides is 1. The molecule has 2 rings (SSSR count). The molecule has 0 aliphatic carbocycles. The van der Waals surface area contributed by atoms with Gasteiger partial charge in [0.25, 0.3) is 5.69 Å². The Balaban J connectivity index is 2.26. The third-order valence-corrected chi connectivity index (χ3v) is 4.82. The van der Waals surface area contributed by atoms with Crippen LogP contribution in [0, 0.1) is 24.0 Å². The van der Waals surface area contributed by atoms with Crippen LogP contribution in [-0.2, 0) is 14.8 Å². The molecule has 0 aromatic heterocycles. The predicted octanol–water partition coefficient (Wildman–Crippen LogP) is 2.62. The van der Waals surface area contributed by atoms with Crippen LogP contribution in [0.4, 0.5) is 17.1 Å². The highest BCUT2D eigenvalue weighted by molar-refractivity contribution is 7.92. The van der Waals surface area contributed by atoms with Gasteiger partial charge in [-0.3, -0.25) is 19.2 Å². The number of nitro benzene ring substituents is 1. The highest BCUT2D eigenvalue weighted by Gasteiger charge is 2.21. The number of anilines is 2. The second kappa shape index (κ2) is 7.52. The largest absolute Gasteiger partial charge is 0.324 e. The molecule has 0 radical (unpaired) electrons.